The van der Waals surface area contributed by atoms with Crippen molar-refractivity contribution in [3.63, 3.8) is 0 Å². The quantitative estimate of drug-likeness (QED) is 0.715. The van der Waals surface area contributed by atoms with Gasteiger partial charge >= 0.3 is 0 Å². The number of benzene rings is 1. The van der Waals surface area contributed by atoms with Crippen LogP contribution in [0.2, 0.25) is 0 Å². The van der Waals surface area contributed by atoms with Crippen LogP contribution in [0.15, 0.2) is 29.6 Å². The molecule has 0 saturated carbocycles. The van der Waals surface area contributed by atoms with Crippen molar-refractivity contribution in [1.29, 1.82) is 0 Å². The van der Waals surface area contributed by atoms with Gasteiger partial charge in [0, 0.05) is 22.5 Å². The molecule has 1 atom stereocenters. The average Bonchev–Trinajstić information content (AvgIpc) is 3.06. The molecule has 0 saturated heterocycles. The molecular formula is C17H18N3O4S-. The maximum Gasteiger partial charge on any atom is 0.130 e. The average molecular weight is 360 g/mol. The van der Waals surface area contributed by atoms with E-state index in [1.165, 1.54) is 13.3 Å². The predicted octanol–water partition coefficient (Wildman–Crippen LogP) is 1.71. The molecule has 2 aromatic heterocycles. The number of aromatic nitrogens is 3. The highest BCUT2D eigenvalue weighted by atomic mass is 32.2. The number of aliphatic hydroxyl groups is 1. The van der Waals surface area contributed by atoms with E-state index < -0.39 is 10.8 Å². The Labute approximate surface area is 147 Å². The highest BCUT2D eigenvalue weighted by molar-refractivity contribution is 7.84. The largest absolute Gasteiger partial charge is 0.497 e. The Kier molecular flexibility index (Phi) is 5.00. The van der Waals surface area contributed by atoms with Gasteiger partial charge in [-0.1, -0.05) is 6.07 Å². The van der Waals surface area contributed by atoms with Gasteiger partial charge in [0.1, 0.15) is 11.5 Å². The van der Waals surface area contributed by atoms with Crippen LogP contribution in [0.25, 0.3) is 11.0 Å². The highest BCUT2D eigenvalue weighted by Gasteiger charge is 2.14. The molecule has 3 rings (SSSR count). The van der Waals surface area contributed by atoms with Crippen LogP contribution < -0.4 is 14.5 Å². The Morgan fingerprint density at radius 3 is 2.76 bits per heavy atom. The number of hydrogen-bond acceptors (Lipinski definition) is 6. The van der Waals surface area contributed by atoms with Gasteiger partial charge in [-0.05, 0) is 30.1 Å². The first-order valence-electron chi connectivity index (χ1n) is 7.56. The third-order valence-electron chi connectivity index (χ3n) is 3.90. The number of ether oxygens (including phenoxy) is 2. The molecule has 2 heterocycles. The molecule has 1 N–H and O–H groups in total. The van der Waals surface area contributed by atoms with E-state index in [0.29, 0.717) is 33.8 Å². The molecule has 25 heavy (non-hydrogen) atoms. The molecule has 0 amide bonds. The van der Waals surface area contributed by atoms with Crippen molar-refractivity contribution in [3.05, 3.63) is 41.2 Å². The molecule has 0 fully saturated rings. The van der Waals surface area contributed by atoms with E-state index in [2.05, 4.69) is 15.0 Å². The summed E-state index contributed by atoms with van der Waals surface area (Å²) in [6, 6.07) is 5.32. The van der Waals surface area contributed by atoms with E-state index in [9.17, 15) is 9.32 Å². The topological polar surface area (TPSA) is 95.6 Å². The van der Waals surface area contributed by atoms with Gasteiger partial charge in [-0.25, -0.2) is 0 Å². The summed E-state index contributed by atoms with van der Waals surface area (Å²) in [6.07, 6.45) is 1.53. The molecule has 7 nitrogen and oxygen atoms in total. The number of nitrogens with zero attached hydrogens (tertiary/aromatic N) is 3. The van der Waals surface area contributed by atoms with Gasteiger partial charge in [0.15, 0.2) is 0 Å². The summed E-state index contributed by atoms with van der Waals surface area (Å²) in [6.45, 7) is 1.66. The molecule has 0 aliphatic heterocycles. The van der Waals surface area contributed by atoms with Gasteiger partial charge in [-0.3, -0.25) is 9.19 Å². The van der Waals surface area contributed by atoms with Crippen LogP contribution in [0.4, 0.5) is 0 Å². The second-order valence-corrected chi connectivity index (χ2v) is 6.74. The molecule has 132 valence electrons. The minimum atomic E-state index is -1.45. The van der Waals surface area contributed by atoms with Crippen molar-refractivity contribution in [2.75, 3.05) is 14.2 Å². The van der Waals surface area contributed by atoms with Crippen LogP contribution in [0.3, 0.4) is 0 Å². The lowest BCUT2D eigenvalue weighted by molar-refractivity contribution is 0.272. The van der Waals surface area contributed by atoms with Gasteiger partial charge in [0.25, 0.3) is 0 Å². The Bertz CT molecular complexity index is 939. The number of hydrogen-bond donors (Lipinski definition) is 1. The first kappa shape index (κ1) is 17.4. The molecule has 0 bridgehead atoms. The van der Waals surface area contributed by atoms with Gasteiger partial charge < -0.3 is 24.5 Å². The molecule has 0 radical (unpaired) electrons. The monoisotopic (exact) mass is 360 g/mol. The zero-order chi connectivity index (χ0) is 18.0. The van der Waals surface area contributed by atoms with Gasteiger partial charge in [-0.2, -0.15) is 0 Å². The Morgan fingerprint density at radius 1 is 1.28 bits per heavy atom. The SMILES string of the molecule is COc1ccc2[n-]c(S(=O)Cc3ncc(CO)c(OC)c3C)nc2c1. The summed E-state index contributed by atoms with van der Waals surface area (Å²) in [5.41, 5.74) is 3.28. The fourth-order valence-corrected chi connectivity index (χ4v) is 3.63. The lowest BCUT2D eigenvalue weighted by Gasteiger charge is -2.13. The summed E-state index contributed by atoms with van der Waals surface area (Å²) >= 11 is 0. The van der Waals surface area contributed by atoms with E-state index in [0.717, 1.165) is 5.56 Å². The first-order chi connectivity index (χ1) is 12.1. The second kappa shape index (κ2) is 7.20. The van der Waals surface area contributed by atoms with Crippen molar-refractivity contribution in [2.45, 2.75) is 24.4 Å². The number of methoxy groups -OCH3 is 2. The Hall–Kier alpha value is -2.45. The predicted molar refractivity (Wildman–Crippen MR) is 93.2 cm³/mol. The smallest absolute Gasteiger partial charge is 0.130 e. The Morgan fingerprint density at radius 2 is 2.08 bits per heavy atom. The molecule has 1 aromatic carbocycles. The van der Waals surface area contributed by atoms with E-state index in [-0.39, 0.29) is 17.5 Å². The highest BCUT2D eigenvalue weighted by Crippen LogP contribution is 2.26. The van der Waals surface area contributed by atoms with Crippen LogP contribution in [-0.2, 0) is 23.2 Å². The van der Waals surface area contributed by atoms with Crippen LogP contribution in [0.1, 0.15) is 16.8 Å². The second-order valence-electron chi connectivity index (χ2n) is 5.40. The van der Waals surface area contributed by atoms with E-state index >= 15 is 0 Å². The van der Waals surface area contributed by atoms with Crippen molar-refractivity contribution >= 4 is 21.8 Å². The Balaban J connectivity index is 1.90. The first-order valence-corrected chi connectivity index (χ1v) is 8.88. The van der Waals surface area contributed by atoms with E-state index in [1.807, 2.05) is 6.92 Å². The lowest BCUT2D eigenvalue weighted by Crippen LogP contribution is -2.06. The number of fused-ring (bicyclic) bond motifs is 1. The van der Waals surface area contributed by atoms with E-state index in [1.54, 1.807) is 25.3 Å². The normalized spacial score (nSPS) is 12.3. The van der Waals surface area contributed by atoms with Gasteiger partial charge in [0.05, 0.1) is 43.1 Å². The van der Waals surface area contributed by atoms with Gasteiger partial charge in [0.2, 0.25) is 0 Å². The summed E-state index contributed by atoms with van der Waals surface area (Å²) in [5.74, 6) is 1.40. The molecule has 8 heteroatoms. The number of pyridine rings is 1. The molecule has 3 aromatic rings. The van der Waals surface area contributed by atoms with Crippen molar-refractivity contribution < 1.29 is 18.8 Å². The van der Waals surface area contributed by atoms with Gasteiger partial charge in [-0.15, -0.1) is 0 Å². The summed E-state index contributed by atoms with van der Waals surface area (Å²) < 4.78 is 23.2. The number of aliphatic hydroxyl groups excluding tert-OH is 1. The van der Waals surface area contributed by atoms with Crippen LogP contribution in [-0.4, -0.2) is 33.5 Å². The third-order valence-corrected chi connectivity index (χ3v) is 5.03. The third kappa shape index (κ3) is 3.35. The van der Waals surface area contributed by atoms with Crippen molar-refractivity contribution in [2.24, 2.45) is 0 Å². The summed E-state index contributed by atoms with van der Waals surface area (Å²) in [7, 11) is 1.66. The number of rotatable bonds is 6. The molecule has 1 unspecified atom stereocenters. The zero-order valence-corrected chi connectivity index (χ0v) is 15.0. The van der Waals surface area contributed by atoms with Crippen molar-refractivity contribution in [3.8, 4) is 11.5 Å². The number of imidazole rings is 1. The molecule has 0 aliphatic carbocycles. The summed E-state index contributed by atoms with van der Waals surface area (Å²) in [5, 5.41) is 9.60. The molecular weight excluding hydrogens is 342 g/mol. The van der Waals surface area contributed by atoms with Crippen molar-refractivity contribution in [1.82, 2.24) is 15.0 Å². The van der Waals surface area contributed by atoms with Crippen LogP contribution >= 0.6 is 0 Å². The molecule has 0 aliphatic rings. The maximum absolute atomic E-state index is 12.7. The molecule has 0 spiro atoms. The summed E-state index contributed by atoms with van der Waals surface area (Å²) in [4.78, 5) is 13.0. The standard InChI is InChI=1S/C17H18N3O4S/c1-10-15(18-7-11(8-21)16(10)24-3)9-25(22)17-19-13-5-4-12(23-2)6-14(13)20-17/h4-7,21H,8-9H2,1-3H3/q-1. The minimum absolute atomic E-state index is 0.167. The van der Waals surface area contributed by atoms with Crippen LogP contribution in [0, 0.1) is 6.92 Å². The fourth-order valence-electron chi connectivity index (χ4n) is 2.56. The lowest BCUT2D eigenvalue weighted by atomic mass is 10.1. The minimum Gasteiger partial charge on any atom is -0.497 e. The van der Waals surface area contributed by atoms with Crippen LogP contribution in [0.5, 0.6) is 11.5 Å². The van der Waals surface area contributed by atoms with E-state index in [4.69, 9.17) is 9.47 Å². The maximum atomic E-state index is 12.7. The fraction of sp³-hybridized carbons (Fsp3) is 0.294. The zero-order valence-electron chi connectivity index (χ0n) is 14.1.